The van der Waals surface area contributed by atoms with Crippen LogP contribution in [0.1, 0.15) is 6.42 Å². The van der Waals surface area contributed by atoms with Crippen molar-refractivity contribution in [3.8, 4) is 6.07 Å². The Balaban J connectivity index is 2.28. The summed E-state index contributed by atoms with van der Waals surface area (Å²) in [4.78, 5) is 0.424. The maximum atomic E-state index is 8.74. The summed E-state index contributed by atoms with van der Waals surface area (Å²) in [6.07, 6.45) is 5.61. The molecule has 10 heavy (non-hydrogen) atoms. The largest absolute Gasteiger partial charge is 0.198 e. The molecule has 0 radical (unpaired) electrons. The van der Waals surface area contributed by atoms with Crippen molar-refractivity contribution < 1.29 is 0 Å². The van der Waals surface area contributed by atoms with Gasteiger partial charge in [-0.3, -0.25) is 0 Å². The molecule has 0 aliphatic heterocycles. The first-order valence-corrected chi connectivity index (χ1v) is 4.46. The maximum Gasteiger partial charge on any atom is 0.0674 e. The summed E-state index contributed by atoms with van der Waals surface area (Å²) >= 11 is 3.55. The van der Waals surface area contributed by atoms with Crippen molar-refractivity contribution in [2.24, 2.45) is 17.8 Å². The quantitative estimate of drug-likeness (QED) is 0.432. The zero-order valence-electron chi connectivity index (χ0n) is 5.50. The third-order valence-electron chi connectivity index (χ3n) is 2.51. The van der Waals surface area contributed by atoms with E-state index in [1.54, 1.807) is 0 Å². The van der Waals surface area contributed by atoms with Crippen molar-refractivity contribution in [1.29, 1.82) is 5.26 Å². The molecule has 52 valence electrons. The molecule has 0 spiro atoms. The van der Waals surface area contributed by atoms with Crippen molar-refractivity contribution in [2.45, 2.75) is 11.2 Å². The van der Waals surface area contributed by atoms with Crippen LogP contribution >= 0.6 is 15.9 Å². The number of fused-ring (bicyclic) bond motifs is 2. The predicted octanol–water partition coefficient (Wildman–Crippen LogP) is 2.10. The summed E-state index contributed by atoms with van der Waals surface area (Å²) < 4.78 is 0. The van der Waals surface area contributed by atoms with E-state index in [2.05, 4.69) is 34.2 Å². The molecular weight excluding hydrogens is 190 g/mol. The molecule has 4 atom stereocenters. The molecule has 0 aromatic rings. The van der Waals surface area contributed by atoms with Crippen molar-refractivity contribution in [3.05, 3.63) is 12.2 Å². The Morgan fingerprint density at radius 2 is 2.10 bits per heavy atom. The lowest BCUT2D eigenvalue weighted by atomic mass is 9.95. The fourth-order valence-corrected chi connectivity index (χ4v) is 2.83. The monoisotopic (exact) mass is 197 g/mol. The highest BCUT2D eigenvalue weighted by Gasteiger charge is 2.43. The van der Waals surface area contributed by atoms with Gasteiger partial charge in [-0.2, -0.15) is 5.26 Å². The van der Waals surface area contributed by atoms with Gasteiger partial charge >= 0.3 is 0 Å². The van der Waals surface area contributed by atoms with E-state index in [-0.39, 0.29) is 5.92 Å². The molecule has 2 bridgehead atoms. The Morgan fingerprint density at radius 1 is 1.40 bits per heavy atom. The Morgan fingerprint density at radius 3 is 2.50 bits per heavy atom. The third-order valence-corrected chi connectivity index (χ3v) is 3.76. The van der Waals surface area contributed by atoms with Crippen LogP contribution in [-0.2, 0) is 0 Å². The van der Waals surface area contributed by atoms with E-state index in [0.717, 1.165) is 0 Å². The zero-order valence-corrected chi connectivity index (χ0v) is 7.08. The minimum Gasteiger partial charge on any atom is -0.198 e. The normalized spacial score (nSPS) is 49.6. The molecule has 2 rings (SSSR count). The van der Waals surface area contributed by atoms with Gasteiger partial charge in [0.15, 0.2) is 0 Å². The van der Waals surface area contributed by atoms with Crippen LogP contribution in [-0.4, -0.2) is 4.83 Å². The Hall–Kier alpha value is -0.290. The van der Waals surface area contributed by atoms with Crippen LogP contribution in [0.4, 0.5) is 0 Å². The molecule has 1 saturated carbocycles. The second kappa shape index (κ2) is 2.10. The molecule has 0 aromatic heterocycles. The van der Waals surface area contributed by atoms with E-state index in [0.29, 0.717) is 16.7 Å². The van der Waals surface area contributed by atoms with Crippen LogP contribution in [0.25, 0.3) is 0 Å². The van der Waals surface area contributed by atoms with E-state index in [1.165, 1.54) is 6.42 Å². The lowest BCUT2D eigenvalue weighted by Crippen LogP contribution is -2.16. The lowest BCUT2D eigenvalue weighted by Gasteiger charge is -2.15. The third kappa shape index (κ3) is 0.673. The minimum atomic E-state index is 0.231. The number of nitrogens with zero attached hydrogens (tertiary/aromatic N) is 1. The highest BCUT2D eigenvalue weighted by atomic mass is 79.9. The summed E-state index contributed by atoms with van der Waals surface area (Å²) in [7, 11) is 0. The van der Waals surface area contributed by atoms with Gasteiger partial charge in [-0.15, -0.1) is 0 Å². The summed E-state index contributed by atoms with van der Waals surface area (Å²) in [5.41, 5.74) is 0. The van der Waals surface area contributed by atoms with Crippen LogP contribution in [0.5, 0.6) is 0 Å². The molecular formula is C8H8BrN. The molecule has 1 fully saturated rings. The lowest BCUT2D eigenvalue weighted by molar-refractivity contribution is 0.578. The predicted molar refractivity (Wildman–Crippen MR) is 42.6 cm³/mol. The number of alkyl halides is 1. The highest BCUT2D eigenvalue weighted by molar-refractivity contribution is 9.09. The van der Waals surface area contributed by atoms with Crippen LogP contribution in [0.15, 0.2) is 12.2 Å². The number of rotatable bonds is 0. The van der Waals surface area contributed by atoms with Crippen molar-refractivity contribution >= 4 is 15.9 Å². The second-order valence-corrected chi connectivity index (χ2v) is 4.10. The van der Waals surface area contributed by atoms with Gasteiger partial charge in [0.1, 0.15) is 0 Å². The van der Waals surface area contributed by atoms with E-state index in [9.17, 15) is 0 Å². The topological polar surface area (TPSA) is 23.8 Å². The summed E-state index contributed by atoms with van der Waals surface area (Å²) in [5.74, 6) is 1.41. The van der Waals surface area contributed by atoms with Gasteiger partial charge < -0.3 is 0 Å². The number of hydrogen-bond donors (Lipinski definition) is 0. The smallest absolute Gasteiger partial charge is 0.0674 e. The fourth-order valence-electron chi connectivity index (χ4n) is 1.93. The average Bonchev–Trinajstić information content (AvgIpc) is 2.46. The van der Waals surface area contributed by atoms with Crippen molar-refractivity contribution in [1.82, 2.24) is 0 Å². The molecule has 0 amide bonds. The van der Waals surface area contributed by atoms with Gasteiger partial charge in [-0.05, 0) is 18.3 Å². The minimum absolute atomic E-state index is 0.231. The van der Waals surface area contributed by atoms with Gasteiger partial charge in [0.2, 0.25) is 0 Å². The summed E-state index contributed by atoms with van der Waals surface area (Å²) in [6, 6.07) is 2.35. The molecule has 0 saturated heterocycles. The highest BCUT2D eigenvalue weighted by Crippen LogP contribution is 2.46. The van der Waals surface area contributed by atoms with Crippen LogP contribution < -0.4 is 0 Å². The Labute approximate surface area is 68.9 Å². The van der Waals surface area contributed by atoms with Crippen molar-refractivity contribution in [3.63, 3.8) is 0 Å². The first-order valence-electron chi connectivity index (χ1n) is 3.55. The van der Waals surface area contributed by atoms with E-state index in [4.69, 9.17) is 5.26 Å². The van der Waals surface area contributed by atoms with Gasteiger partial charge in [0.05, 0.1) is 12.0 Å². The standard InChI is InChI=1S/C8H8BrN/c9-8-6-2-1-5(3-6)7(8)4-10/h1-2,5-8H,3H2. The van der Waals surface area contributed by atoms with Crippen molar-refractivity contribution in [2.75, 3.05) is 0 Å². The average molecular weight is 198 g/mol. The number of nitriles is 1. The van der Waals surface area contributed by atoms with E-state index >= 15 is 0 Å². The van der Waals surface area contributed by atoms with Crippen LogP contribution in [0, 0.1) is 29.1 Å². The van der Waals surface area contributed by atoms with Gasteiger partial charge in [-0.1, -0.05) is 28.1 Å². The molecule has 1 nitrogen and oxygen atoms in total. The SMILES string of the molecule is N#CC1C2C=CC(C2)C1Br. The Bertz CT molecular complexity index is 216. The maximum absolute atomic E-state index is 8.74. The number of allylic oxidation sites excluding steroid dienone is 2. The molecule has 0 heterocycles. The molecule has 2 aliphatic rings. The number of hydrogen-bond acceptors (Lipinski definition) is 1. The first kappa shape index (κ1) is 6.42. The van der Waals surface area contributed by atoms with E-state index in [1.807, 2.05) is 0 Å². The second-order valence-electron chi connectivity index (χ2n) is 3.05. The molecule has 2 heteroatoms. The first-order chi connectivity index (χ1) is 4.83. The van der Waals surface area contributed by atoms with Gasteiger partial charge in [0, 0.05) is 4.83 Å². The molecule has 0 N–H and O–H groups in total. The number of halogens is 1. The molecule has 2 aliphatic carbocycles. The fraction of sp³-hybridized carbons (Fsp3) is 0.625. The molecule has 4 unspecified atom stereocenters. The van der Waals surface area contributed by atoms with Gasteiger partial charge in [0.25, 0.3) is 0 Å². The van der Waals surface area contributed by atoms with Gasteiger partial charge in [-0.25, -0.2) is 0 Å². The van der Waals surface area contributed by atoms with E-state index < -0.39 is 0 Å². The van der Waals surface area contributed by atoms with Crippen LogP contribution in [0.3, 0.4) is 0 Å². The summed E-state index contributed by atoms with van der Waals surface area (Å²) in [5, 5.41) is 8.74. The Kier molecular flexibility index (Phi) is 1.35. The molecule has 0 aromatic carbocycles. The summed E-state index contributed by atoms with van der Waals surface area (Å²) in [6.45, 7) is 0. The van der Waals surface area contributed by atoms with Crippen LogP contribution in [0.2, 0.25) is 0 Å². The zero-order chi connectivity index (χ0) is 7.14.